The van der Waals surface area contributed by atoms with E-state index in [4.69, 9.17) is 0 Å². The Bertz CT molecular complexity index is 417. The molecule has 1 aromatic rings. The first-order chi connectivity index (χ1) is 8.70. The molecular formula is C13H18N2O2S. The Morgan fingerprint density at radius 2 is 2.33 bits per heavy atom. The minimum atomic E-state index is -0.344. The molecule has 0 aromatic carbocycles. The summed E-state index contributed by atoms with van der Waals surface area (Å²) in [5.74, 6) is 0.0310. The highest BCUT2D eigenvalue weighted by molar-refractivity contribution is 7.07. The Morgan fingerprint density at radius 3 is 3.00 bits per heavy atom. The van der Waals surface area contributed by atoms with Gasteiger partial charge in [-0.25, -0.2) is 0 Å². The van der Waals surface area contributed by atoms with Gasteiger partial charge in [0.1, 0.15) is 6.04 Å². The number of nitrogens with one attached hydrogen (secondary N) is 1. The maximum Gasteiger partial charge on any atom is 0.245 e. The second-order valence-corrected chi connectivity index (χ2v) is 5.33. The third-order valence-corrected chi connectivity index (χ3v) is 3.82. The number of hydrogen-bond acceptors (Lipinski definition) is 3. The lowest BCUT2D eigenvalue weighted by molar-refractivity contribution is -0.134. The van der Waals surface area contributed by atoms with Crippen LogP contribution < -0.4 is 5.32 Å². The Kier molecular flexibility index (Phi) is 4.36. The van der Waals surface area contributed by atoms with Gasteiger partial charge in [-0.2, -0.15) is 11.3 Å². The molecule has 1 aromatic heterocycles. The quantitative estimate of drug-likeness (QED) is 0.903. The van der Waals surface area contributed by atoms with Gasteiger partial charge in [0.25, 0.3) is 0 Å². The minimum Gasteiger partial charge on any atom is -0.344 e. The number of carbonyl (C=O) groups is 2. The predicted molar refractivity (Wildman–Crippen MR) is 71.2 cm³/mol. The normalized spacial score (nSPS) is 20.7. The SMILES string of the molecule is CCCC1NC(=O)CCN(Cc2ccsc2)C1=O. The molecule has 18 heavy (non-hydrogen) atoms. The topological polar surface area (TPSA) is 49.4 Å². The summed E-state index contributed by atoms with van der Waals surface area (Å²) in [5.41, 5.74) is 1.14. The Balaban J connectivity index is 2.08. The fourth-order valence-corrected chi connectivity index (χ4v) is 2.80. The summed E-state index contributed by atoms with van der Waals surface area (Å²) >= 11 is 1.63. The smallest absolute Gasteiger partial charge is 0.245 e. The second kappa shape index (κ2) is 6.00. The van der Waals surface area contributed by atoms with Crippen LogP contribution in [-0.2, 0) is 16.1 Å². The molecule has 1 saturated heterocycles. The summed E-state index contributed by atoms with van der Waals surface area (Å²) in [6, 6.07) is 1.68. The maximum absolute atomic E-state index is 12.3. The van der Waals surface area contributed by atoms with Crippen molar-refractivity contribution in [3.05, 3.63) is 22.4 Å². The van der Waals surface area contributed by atoms with Crippen LogP contribution in [-0.4, -0.2) is 29.3 Å². The van der Waals surface area contributed by atoms with E-state index in [1.165, 1.54) is 0 Å². The molecule has 2 heterocycles. The van der Waals surface area contributed by atoms with Gasteiger partial charge in [0, 0.05) is 19.5 Å². The summed E-state index contributed by atoms with van der Waals surface area (Å²) in [7, 11) is 0. The molecule has 1 aliphatic heterocycles. The van der Waals surface area contributed by atoms with Crippen molar-refractivity contribution in [1.29, 1.82) is 0 Å². The molecule has 0 aliphatic carbocycles. The number of amides is 2. The lowest BCUT2D eigenvalue weighted by Gasteiger charge is -2.23. The van der Waals surface area contributed by atoms with Gasteiger partial charge in [0.05, 0.1) is 0 Å². The molecule has 2 amide bonds. The van der Waals surface area contributed by atoms with Crippen molar-refractivity contribution in [2.75, 3.05) is 6.54 Å². The number of carbonyl (C=O) groups excluding carboxylic acids is 2. The second-order valence-electron chi connectivity index (χ2n) is 4.55. The molecule has 0 radical (unpaired) electrons. The van der Waals surface area contributed by atoms with Crippen molar-refractivity contribution in [3.63, 3.8) is 0 Å². The monoisotopic (exact) mass is 266 g/mol. The van der Waals surface area contributed by atoms with E-state index < -0.39 is 0 Å². The Morgan fingerprint density at radius 1 is 1.50 bits per heavy atom. The van der Waals surface area contributed by atoms with Crippen molar-refractivity contribution >= 4 is 23.2 Å². The predicted octanol–water partition coefficient (Wildman–Crippen LogP) is 1.77. The number of thiophene rings is 1. The molecule has 1 atom stereocenters. The van der Waals surface area contributed by atoms with Gasteiger partial charge < -0.3 is 10.2 Å². The number of rotatable bonds is 4. The van der Waals surface area contributed by atoms with Crippen LogP contribution in [0.2, 0.25) is 0 Å². The van der Waals surface area contributed by atoms with E-state index in [2.05, 4.69) is 5.32 Å². The third kappa shape index (κ3) is 3.10. The summed E-state index contributed by atoms with van der Waals surface area (Å²) in [4.78, 5) is 25.7. The molecule has 4 nitrogen and oxygen atoms in total. The Labute approximate surface area is 111 Å². The van der Waals surface area contributed by atoms with Gasteiger partial charge in [-0.15, -0.1) is 0 Å². The van der Waals surface area contributed by atoms with Gasteiger partial charge in [-0.3, -0.25) is 9.59 Å². The van der Waals surface area contributed by atoms with Gasteiger partial charge in [0.15, 0.2) is 0 Å². The van der Waals surface area contributed by atoms with E-state index in [-0.39, 0.29) is 17.9 Å². The highest BCUT2D eigenvalue weighted by Gasteiger charge is 2.28. The summed E-state index contributed by atoms with van der Waals surface area (Å²) in [5, 5.41) is 6.86. The molecule has 0 bridgehead atoms. The zero-order chi connectivity index (χ0) is 13.0. The van der Waals surface area contributed by atoms with Crippen molar-refractivity contribution in [3.8, 4) is 0 Å². The van der Waals surface area contributed by atoms with Crippen LogP contribution in [0.25, 0.3) is 0 Å². The maximum atomic E-state index is 12.3. The molecule has 2 rings (SSSR count). The molecule has 0 saturated carbocycles. The van der Waals surface area contributed by atoms with Gasteiger partial charge in [-0.05, 0) is 28.8 Å². The van der Waals surface area contributed by atoms with Crippen molar-refractivity contribution in [1.82, 2.24) is 10.2 Å². The van der Waals surface area contributed by atoms with Crippen LogP contribution >= 0.6 is 11.3 Å². The molecule has 1 unspecified atom stereocenters. The number of nitrogens with zero attached hydrogens (tertiary/aromatic N) is 1. The largest absolute Gasteiger partial charge is 0.344 e. The molecule has 1 N–H and O–H groups in total. The van der Waals surface area contributed by atoms with E-state index in [1.807, 2.05) is 23.8 Å². The van der Waals surface area contributed by atoms with E-state index in [0.717, 1.165) is 12.0 Å². The zero-order valence-corrected chi connectivity index (χ0v) is 11.3. The van der Waals surface area contributed by atoms with E-state index in [9.17, 15) is 9.59 Å². The molecule has 1 fully saturated rings. The van der Waals surface area contributed by atoms with E-state index in [1.54, 1.807) is 16.2 Å². The standard InChI is InChI=1S/C13H18N2O2S/c1-2-3-11-13(17)15(6-4-12(16)14-11)8-10-5-7-18-9-10/h5,7,9,11H,2-4,6,8H2,1H3,(H,14,16). The van der Waals surface area contributed by atoms with Crippen LogP contribution in [0.1, 0.15) is 31.7 Å². The fourth-order valence-electron chi connectivity index (χ4n) is 2.14. The van der Waals surface area contributed by atoms with Crippen LogP contribution in [0.4, 0.5) is 0 Å². The lowest BCUT2D eigenvalue weighted by atomic mass is 10.1. The Hall–Kier alpha value is -1.36. The van der Waals surface area contributed by atoms with Gasteiger partial charge >= 0.3 is 0 Å². The number of hydrogen-bond donors (Lipinski definition) is 1. The average molecular weight is 266 g/mol. The average Bonchev–Trinajstić information content (AvgIpc) is 2.81. The first kappa shape index (κ1) is 13.1. The summed E-state index contributed by atoms with van der Waals surface area (Å²) in [6.45, 7) is 3.14. The molecule has 5 heteroatoms. The lowest BCUT2D eigenvalue weighted by Crippen LogP contribution is -2.44. The molecular weight excluding hydrogens is 248 g/mol. The van der Waals surface area contributed by atoms with Crippen molar-refractivity contribution < 1.29 is 9.59 Å². The van der Waals surface area contributed by atoms with Gasteiger partial charge in [0.2, 0.25) is 11.8 Å². The van der Waals surface area contributed by atoms with Crippen molar-refractivity contribution in [2.24, 2.45) is 0 Å². The van der Waals surface area contributed by atoms with E-state index >= 15 is 0 Å². The summed E-state index contributed by atoms with van der Waals surface area (Å²) in [6.07, 6.45) is 2.00. The van der Waals surface area contributed by atoms with Gasteiger partial charge in [-0.1, -0.05) is 13.3 Å². The zero-order valence-electron chi connectivity index (χ0n) is 10.5. The van der Waals surface area contributed by atoms with Crippen molar-refractivity contribution in [2.45, 2.75) is 38.8 Å². The fraction of sp³-hybridized carbons (Fsp3) is 0.538. The van der Waals surface area contributed by atoms with Crippen LogP contribution in [0.3, 0.4) is 0 Å². The third-order valence-electron chi connectivity index (χ3n) is 3.08. The first-order valence-electron chi connectivity index (χ1n) is 6.30. The molecule has 0 spiro atoms. The summed E-state index contributed by atoms with van der Waals surface area (Å²) < 4.78 is 0. The van der Waals surface area contributed by atoms with Crippen LogP contribution in [0, 0.1) is 0 Å². The highest BCUT2D eigenvalue weighted by Crippen LogP contribution is 2.14. The first-order valence-corrected chi connectivity index (χ1v) is 7.24. The minimum absolute atomic E-state index is 0.0189. The van der Waals surface area contributed by atoms with Crippen LogP contribution in [0.5, 0.6) is 0 Å². The van der Waals surface area contributed by atoms with E-state index in [0.29, 0.717) is 25.9 Å². The highest BCUT2D eigenvalue weighted by atomic mass is 32.1. The molecule has 98 valence electrons. The molecule has 1 aliphatic rings. The van der Waals surface area contributed by atoms with Crippen LogP contribution in [0.15, 0.2) is 16.8 Å².